The fraction of sp³-hybridized carbons (Fsp3) is 0. The molecule has 2 aromatic heterocycles. The van der Waals surface area contributed by atoms with Crippen LogP contribution in [-0.4, -0.2) is 4.57 Å². The summed E-state index contributed by atoms with van der Waals surface area (Å²) in [5.74, 6) is 0. The molecule has 0 saturated carbocycles. The first-order chi connectivity index (χ1) is 31.3. The third-order valence-electron chi connectivity index (χ3n) is 12.4. The zero-order valence-electron chi connectivity index (χ0n) is 34.4. The molecule has 0 N–H and O–H groups in total. The highest BCUT2D eigenvalue weighted by molar-refractivity contribution is 7.26. The molecule has 0 aliphatic carbocycles. The molecular weight excluding hydrogens is 781 g/mol. The van der Waals surface area contributed by atoms with Gasteiger partial charge in [-0.15, -0.1) is 11.3 Å². The smallest absolute Gasteiger partial charge is 0.0782 e. The predicted octanol–water partition coefficient (Wildman–Crippen LogP) is 17.3. The topological polar surface area (TPSA) is 8.17 Å². The van der Waals surface area contributed by atoms with Crippen molar-refractivity contribution in [1.29, 1.82) is 0 Å². The first-order valence-electron chi connectivity index (χ1n) is 21.5. The second-order valence-electron chi connectivity index (χ2n) is 16.1. The summed E-state index contributed by atoms with van der Waals surface area (Å²) in [5.41, 5.74) is 16.3. The van der Waals surface area contributed by atoms with Crippen molar-refractivity contribution in [3.63, 3.8) is 0 Å². The van der Waals surface area contributed by atoms with Crippen molar-refractivity contribution in [2.24, 2.45) is 0 Å². The van der Waals surface area contributed by atoms with Gasteiger partial charge < -0.3 is 9.47 Å². The highest BCUT2D eigenvalue weighted by atomic mass is 32.1. The average molecular weight is 821 g/mol. The first-order valence-corrected chi connectivity index (χ1v) is 22.3. The lowest BCUT2D eigenvalue weighted by Gasteiger charge is -2.27. The fourth-order valence-electron chi connectivity index (χ4n) is 9.46. The lowest BCUT2D eigenvalue weighted by Crippen LogP contribution is -2.11. The van der Waals surface area contributed by atoms with Crippen LogP contribution in [0.3, 0.4) is 0 Å². The van der Waals surface area contributed by atoms with Crippen LogP contribution in [0.2, 0.25) is 0 Å². The van der Waals surface area contributed by atoms with Crippen LogP contribution >= 0.6 is 11.3 Å². The summed E-state index contributed by atoms with van der Waals surface area (Å²) in [7, 11) is 0. The third kappa shape index (κ3) is 6.41. The quantitative estimate of drug-likeness (QED) is 0.148. The molecule has 3 heteroatoms. The predicted molar refractivity (Wildman–Crippen MR) is 270 cm³/mol. The lowest BCUT2D eigenvalue weighted by atomic mass is 9.95. The van der Waals surface area contributed by atoms with Gasteiger partial charge in [-0.2, -0.15) is 0 Å². The van der Waals surface area contributed by atoms with Gasteiger partial charge in [-0.25, -0.2) is 0 Å². The van der Waals surface area contributed by atoms with Crippen LogP contribution in [0.4, 0.5) is 17.1 Å². The van der Waals surface area contributed by atoms with E-state index in [-0.39, 0.29) is 0 Å². The Bertz CT molecular complexity index is 3590. The minimum atomic E-state index is 1.10. The molecule has 12 aromatic rings. The molecule has 0 fully saturated rings. The number of thiophene rings is 1. The summed E-state index contributed by atoms with van der Waals surface area (Å²) in [6.45, 7) is 0. The SMILES string of the molecule is c1ccc(-c2cccc(-c3ccc(-n4c5c(-c6ccccc6)cc(-c6ccccc6)cc5c5cccc(N(c6ccccc6)c6cccc7c6sc6ccccc67)c54)cc3)c2)cc1. The second-order valence-corrected chi connectivity index (χ2v) is 17.1. The number of hydrogen-bond acceptors (Lipinski definition) is 2. The van der Waals surface area contributed by atoms with Crippen molar-refractivity contribution in [2.75, 3.05) is 4.90 Å². The number of aromatic nitrogens is 1. The van der Waals surface area contributed by atoms with E-state index in [4.69, 9.17) is 0 Å². The van der Waals surface area contributed by atoms with Gasteiger partial charge in [0.15, 0.2) is 0 Å². The fourth-order valence-corrected chi connectivity index (χ4v) is 10.7. The zero-order valence-corrected chi connectivity index (χ0v) is 35.2. The van der Waals surface area contributed by atoms with Crippen molar-refractivity contribution < 1.29 is 0 Å². The van der Waals surface area contributed by atoms with Crippen LogP contribution in [0.1, 0.15) is 0 Å². The van der Waals surface area contributed by atoms with Gasteiger partial charge >= 0.3 is 0 Å². The van der Waals surface area contributed by atoms with Crippen LogP contribution in [0.25, 0.3) is 92.2 Å². The Morgan fingerprint density at radius 2 is 0.841 bits per heavy atom. The van der Waals surface area contributed by atoms with Crippen molar-refractivity contribution in [1.82, 2.24) is 4.57 Å². The molecule has 10 aromatic carbocycles. The van der Waals surface area contributed by atoms with Crippen LogP contribution in [0.5, 0.6) is 0 Å². The summed E-state index contributed by atoms with van der Waals surface area (Å²) in [5, 5.41) is 4.96. The molecule has 296 valence electrons. The molecule has 63 heavy (non-hydrogen) atoms. The molecule has 0 radical (unpaired) electrons. The summed E-state index contributed by atoms with van der Waals surface area (Å²) in [6.07, 6.45) is 0. The maximum atomic E-state index is 2.53. The number of rotatable bonds is 8. The largest absolute Gasteiger partial charge is 0.307 e. The second kappa shape index (κ2) is 15.5. The Hall–Kier alpha value is -7.98. The summed E-state index contributed by atoms with van der Waals surface area (Å²) in [6, 6.07) is 88.4. The number of hydrogen-bond donors (Lipinski definition) is 0. The molecular formula is C60H40N2S. The van der Waals surface area contributed by atoms with Crippen LogP contribution in [-0.2, 0) is 0 Å². The molecule has 0 atom stereocenters. The van der Waals surface area contributed by atoms with Crippen LogP contribution in [0, 0.1) is 0 Å². The van der Waals surface area contributed by atoms with Crippen molar-refractivity contribution in [2.45, 2.75) is 0 Å². The third-order valence-corrected chi connectivity index (χ3v) is 13.6. The van der Waals surface area contributed by atoms with E-state index in [1.54, 1.807) is 0 Å². The lowest BCUT2D eigenvalue weighted by molar-refractivity contribution is 1.17. The Morgan fingerprint density at radius 1 is 0.317 bits per heavy atom. The number of para-hydroxylation sites is 2. The van der Waals surface area contributed by atoms with Gasteiger partial charge in [-0.05, 0) is 99.6 Å². The summed E-state index contributed by atoms with van der Waals surface area (Å²) < 4.78 is 5.08. The van der Waals surface area contributed by atoms with E-state index in [1.807, 2.05) is 11.3 Å². The summed E-state index contributed by atoms with van der Waals surface area (Å²) >= 11 is 1.87. The number of anilines is 3. The average Bonchev–Trinajstić information content (AvgIpc) is 3.92. The molecule has 0 saturated heterocycles. The van der Waals surface area contributed by atoms with E-state index >= 15 is 0 Å². The normalized spacial score (nSPS) is 11.5. The molecule has 0 aliphatic heterocycles. The van der Waals surface area contributed by atoms with Crippen molar-refractivity contribution in [3.8, 4) is 50.2 Å². The van der Waals surface area contributed by atoms with E-state index in [0.29, 0.717) is 0 Å². The van der Waals surface area contributed by atoms with Crippen molar-refractivity contribution >= 4 is 70.4 Å². The highest BCUT2D eigenvalue weighted by Gasteiger charge is 2.25. The summed E-state index contributed by atoms with van der Waals surface area (Å²) in [4.78, 5) is 2.49. The van der Waals surface area contributed by atoms with E-state index in [2.05, 4.69) is 252 Å². The minimum Gasteiger partial charge on any atom is -0.307 e. The van der Waals surface area contributed by atoms with Crippen molar-refractivity contribution in [3.05, 3.63) is 243 Å². The van der Waals surface area contributed by atoms with Crippen LogP contribution < -0.4 is 4.90 Å². The Kier molecular flexibility index (Phi) is 9.06. The van der Waals surface area contributed by atoms with E-state index in [0.717, 1.165) is 28.3 Å². The minimum absolute atomic E-state index is 1.10. The Labute approximate surface area is 370 Å². The van der Waals surface area contributed by atoms with E-state index in [1.165, 1.54) is 81.0 Å². The van der Waals surface area contributed by atoms with E-state index < -0.39 is 0 Å². The monoisotopic (exact) mass is 820 g/mol. The first kappa shape index (κ1) is 36.8. The van der Waals surface area contributed by atoms with E-state index in [9.17, 15) is 0 Å². The Morgan fingerprint density at radius 3 is 1.54 bits per heavy atom. The van der Waals surface area contributed by atoms with Gasteiger partial charge in [0, 0.05) is 43.2 Å². The molecule has 0 amide bonds. The van der Waals surface area contributed by atoms with Gasteiger partial charge in [0.05, 0.1) is 27.1 Å². The van der Waals surface area contributed by atoms with Gasteiger partial charge in [-0.3, -0.25) is 0 Å². The molecule has 0 bridgehead atoms. The van der Waals surface area contributed by atoms with Gasteiger partial charge in [0.1, 0.15) is 0 Å². The zero-order chi connectivity index (χ0) is 41.7. The number of nitrogens with zero attached hydrogens (tertiary/aromatic N) is 2. The number of benzene rings is 10. The van der Waals surface area contributed by atoms with Crippen LogP contribution in [0.15, 0.2) is 243 Å². The van der Waals surface area contributed by atoms with Gasteiger partial charge in [0.2, 0.25) is 0 Å². The van der Waals surface area contributed by atoms with Gasteiger partial charge in [-0.1, -0.05) is 182 Å². The maximum absolute atomic E-state index is 2.53. The molecule has 2 heterocycles. The maximum Gasteiger partial charge on any atom is 0.0782 e. The standard InChI is InChI=1S/C60H40N2S/c1-5-18-41(19-6-1)45-24-15-25-46(38-45)43-34-36-49(37-35-43)62-58-53(44-22-9-3-10-23-44)39-47(42-20-7-2-8-21-42)40-54(58)51-29-16-31-55(59(51)62)61(48-26-11-4-12-27-48)56-32-17-30-52-50-28-13-14-33-57(50)63-60(52)56/h1-40H. The van der Waals surface area contributed by atoms with Gasteiger partial charge in [0.25, 0.3) is 0 Å². The molecule has 0 unspecified atom stereocenters. The highest BCUT2D eigenvalue weighted by Crippen LogP contribution is 2.49. The molecule has 12 rings (SSSR count). The molecule has 2 nitrogen and oxygen atoms in total. The number of fused-ring (bicyclic) bond motifs is 6. The Balaban J connectivity index is 1.16. The molecule has 0 spiro atoms. The molecule has 0 aliphatic rings.